The summed E-state index contributed by atoms with van der Waals surface area (Å²) in [6.45, 7) is 12.3. The first-order chi connectivity index (χ1) is 13.8. The molecule has 1 aromatic carbocycles. The molecule has 2 heterocycles. The SMILES string of the molecule is CC(C)(C)NC(=O)NC(C(=O)N1CCC2(CC(=O)c3ccccc3O2)C1)C(C)(C)C. The lowest BCUT2D eigenvalue weighted by molar-refractivity contribution is -0.135. The van der Waals surface area contributed by atoms with E-state index in [1.165, 1.54) is 0 Å². The molecule has 0 aliphatic carbocycles. The molecule has 2 unspecified atom stereocenters. The lowest BCUT2D eigenvalue weighted by atomic mass is 9.85. The molecular weight excluding hydrogens is 382 g/mol. The van der Waals surface area contributed by atoms with Crippen LogP contribution in [0.4, 0.5) is 4.79 Å². The van der Waals surface area contributed by atoms with Gasteiger partial charge in [0.2, 0.25) is 5.91 Å². The number of benzene rings is 1. The van der Waals surface area contributed by atoms with E-state index >= 15 is 0 Å². The van der Waals surface area contributed by atoms with Gasteiger partial charge in [-0.2, -0.15) is 0 Å². The lowest BCUT2D eigenvalue weighted by Crippen LogP contribution is -2.59. The van der Waals surface area contributed by atoms with Gasteiger partial charge in [0.05, 0.1) is 18.5 Å². The maximum Gasteiger partial charge on any atom is 0.315 e. The van der Waals surface area contributed by atoms with E-state index < -0.39 is 22.6 Å². The number of likely N-dealkylation sites (tertiary alicyclic amines) is 1. The fourth-order valence-corrected chi connectivity index (χ4v) is 4.04. The molecule has 2 N–H and O–H groups in total. The number of hydrogen-bond acceptors (Lipinski definition) is 4. The molecule has 7 heteroatoms. The molecule has 2 atom stereocenters. The number of rotatable bonds is 2. The van der Waals surface area contributed by atoms with E-state index in [9.17, 15) is 14.4 Å². The second-order valence-corrected chi connectivity index (χ2v) is 10.5. The zero-order chi connectivity index (χ0) is 22.3. The van der Waals surface area contributed by atoms with Crippen molar-refractivity contribution in [3.8, 4) is 5.75 Å². The average Bonchev–Trinajstić information content (AvgIpc) is 3.00. The molecular formula is C23H33N3O4. The summed E-state index contributed by atoms with van der Waals surface area (Å²) in [5, 5.41) is 5.71. The molecule has 30 heavy (non-hydrogen) atoms. The number of ketones is 1. The Morgan fingerprint density at radius 3 is 2.43 bits per heavy atom. The van der Waals surface area contributed by atoms with Crippen molar-refractivity contribution in [1.82, 2.24) is 15.5 Å². The van der Waals surface area contributed by atoms with Crippen molar-refractivity contribution in [3.05, 3.63) is 29.8 Å². The molecule has 0 radical (unpaired) electrons. The highest BCUT2D eigenvalue weighted by atomic mass is 16.5. The van der Waals surface area contributed by atoms with Crippen molar-refractivity contribution in [1.29, 1.82) is 0 Å². The van der Waals surface area contributed by atoms with E-state index in [2.05, 4.69) is 10.6 Å². The van der Waals surface area contributed by atoms with Gasteiger partial charge in [-0.25, -0.2) is 4.79 Å². The minimum Gasteiger partial charge on any atom is -0.484 e. The van der Waals surface area contributed by atoms with Gasteiger partial charge in [-0.1, -0.05) is 32.9 Å². The number of carbonyl (C=O) groups excluding carboxylic acids is 3. The van der Waals surface area contributed by atoms with Crippen LogP contribution in [0.15, 0.2) is 24.3 Å². The monoisotopic (exact) mass is 415 g/mol. The Balaban J connectivity index is 1.74. The molecule has 3 rings (SSSR count). The quantitative estimate of drug-likeness (QED) is 0.777. The Labute approximate surface area is 178 Å². The van der Waals surface area contributed by atoms with Crippen LogP contribution in [0.1, 0.15) is 64.7 Å². The molecule has 0 saturated carbocycles. The molecule has 3 amide bonds. The summed E-state index contributed by atoms with van der Waals surface area (Å²) < 4.78 is 6.23. The number of nitrogens with zero attached hydrogens (tertiary/aromatic N) is 1. The Kier molecular flexibility index (Phi) is 5.60. The predicted octanol–water partition coefficient (Wildman–Crippen LogP) is 3.14. The van der Waals surface area contributed by atoms with Gasteiger partial charge in [0.15, 0.2) is 5.78 Å². The standard InChI is InChI=1S/C23H33N3O4/c1-21(2,3)18(24-20(29)25-22(4,5)6)19(28)26-12-11-23(14-26)13-16(27)15-9-7-8-10-17(15)30-23/h7-10,18H,11-14H2,1-6H3,(H2,24,25,29). The molecule has 7 nitrogen and oxygen atoms in total. The third-order valence-corrected chi connectivity index (χ3v) is 5.50. The maximum atomic E-state index is 13.4. The highest BCUT2D eigenvalue weighted by molar-refractivity contribution is 6.00. The molecule has 0 aromatic heterocycles. The maximum absolute atomic E-state index is 13.4. The van der Waals surface area contributed by atoms with Crippen molar-refractivity contribution in [2.24, 2.45) is 5.41 Å². The molecule has 1 saturated heterocycles. The second kappa shape index (κ2) is 7.60. The Morgan fingerprint density at radius 2 is 1.80 bits per heavy atom. The topological polar surface area (TPSA) is 87.7 Å². The number of Topliss-reactive ketones (excluding diaryl/α,β-unsaturated/α-hetero) is 1. The van der Waals surface area contributed by atoms with Crippen LogP contribution in [0.25, 0.3) is 0 Å². The summed E-state index contributed by atoms with van der Waals surface area (Å²) in [6.07, 6.45) is 0.843. The zero-order valence-corrected chi connectivity index (χ0v) is 18.8. The van der Waals surface area contributed by atoms with Crippen molar-refractivity contribution in [3.63, 3.8) is 0 Å². The molecule has 1 spiro atoms. The average molecular weight is 416 g/mol. The summed E-state index contributed by atoms with van der Waals surface area (Å²) in [5.74, 6) is 0.470. The van der Waals surface area contributed by atoms with E-state index in [0.29, 0.717) is 30.8 Å². The van der Waals surface area contributed by atoms with Gasteiger partial charge in [0.25, 0.3) is 0 Å². The first kappa shape index (κ1) is 22.1. The highest BCUT2D eigenvalue weighted by Crippen LogP contribution is 2.39. The predicted molar refractivity (Wildman–Crippen MR) is 115 cm³/mol. The summed E-state index contributed by atoms with van der Waals surface area (Å²) >= 11 is 0. The zero-order valence-electron chi connectivity index (χ0n) is 18.8. The van der Waals surface area contributed by atoms with E-state index in [4.69, 9.17) is 4.74 Å². The molecule has 164 valence electrons. The number of urea groups is 1. The van der Waals surface area contributed by atoms with Crippen molar-refractivity contribution in [2.75, 3.05) is 13.1 Å². The summed E-state index contributed by atoms with van der Waals surface area (Å²) in [5.41, 5.74) is -0.979. The summed E-state index contributed by atoms with van der Waals surface area (Å²) in [4.78, 5) is 40.2. The van der Waals surface area contributed by atoms with Gasteiger partial charge in [0, 0.05) is 18.5 Å². The Morgan fingerprint density at radius 1 is 1.13 bits per heavy atom. The minimum absolute atomic E-state index is 0.0428. The third kappa shape index (κ3) is 4.77. The van der Waals surface area contributed by atoms with E-state index in [1.807, 2.05) is 53.7 Å². The number of ether oxygens (including phenoxy) is 1. The number of fused-ring (bicyclic) bond motifs is 1. The van der Waals surface area contributed by atoms with E-state index in [-0.39, 0.29) is 24.1 Å². The summed E-state index contributed by atoms with van der Waals surface area (Å²) in [7, 11) is 0. The fourth-order valence-electron chi connectivity index (χ4n) is 4.04. The van der Waals surface area contributed by atoms with Crippen LogP contribution >= 0.6 is 0 Å². The third-order valence-electron chi connectivity index (χ3n) is 5.50. The van der Waals surface area contributed by atoms with Crippen LogP contribution in [0.5, 0.6) is 5.75 Å². The minimum atomic E-state index is -0.697. The number of amides is 3. The van der Waals surface area contributed by atoms with Gasteiger partial charge in [-0.05, 0) is 38.3 Å². The van der Waals surface area contributed by atoms with Crippen molar-refractivity contribution in [2.45, 2.75) is 71.6 Å². The Hall–Kier alpha value is -2.57. The molecule has 1 fully saturated rings. The number of nitrogens with one attached hydrogen (secondary N) is 2. The van der Waals surface area contributed by atoms with Crippen LogP contribution in [0, 0.1) is 5.41 Å². The van der Waals surface area contributed by atoms with Gasteiger partial charge in [0.1, 0.15) is 17.4 Å². The fraction of sp³-hybridized carbons (Fsp3) is 0.609. The first-order valence-electron chi connectivity index (χ1n) is 10.5. The lowest BCUT2D eigenvalue weighted by Gasteiger charge is -2.37. The van der Waals surface area contributed by atoms with Crippen molar-refractivity contribution >= 4 is 17.7 Å². The van der Waals surface area contributed by atoms with Gasteiger partial charge >= 0.3 is 6.03 Å². The molecule has 2 aliphatic heterocycles. The van der Waals surface area contributed by atoms with Crippen LogP contribution < -0.4 is 15.4 Å². The second-order valence-electron chi connectivity index (χ2n) is 10.5. The van der Waals surface area contributed by atoms with Crippen LogP contribution in [0.2, 0.25) is 0 Å². The highest BCUT2D eigenvalue weighted by Gasteiger charge is 2.49. The first-order valence-corrected chi connectivity index (χ1v) is 10.5. The van der Waals surface area contributed by atoms with Crippen LogP contribution in [-0.2, 0) is 4.79 Å². The van der Waals surface area contributed by atoms with Crippen LogP contribution in [0.3, 0.4) is 0 Å². The summed E-state index contributed by atoms with van der Waals surface area (Å²) in [6, 6.07) is 6.18. The number of para-hydroxylation sites is 1. The largest absolute Gasteiger partial charge is 0.484 e. The van der Waals surface area contributed by atoms with Crippen LogP contribution in [-0.4, -0.2) is 52.9 Å². The van der Waals surface area contributed by atoms with E-state index in [1.54, 1.807) is 17.0 Å². The van der Waals surface area contributed by atoms with Gasteiger partial charge in [-0.15, -0.1) is 0 Å². The molecule has 2 aliphatic rings. The molecule has 0 bridgehead atoms. The smallest absolute Gasteiger partial charge is 0.315 e. The normalized spacial score (nSPS) is 22.3. The Bertz CT molecular complexity index is 853. The number of carbonyl (C=O) groups is 3. The molecule has 1 aromatic rings. The van der Waals surface area contributed by atoms with Gasteiger partial charge < -0.3 is 20.3 Å². The number of hydrogen-bond donors (Lipinski definition) is 2. The van der Waals surface area contributed by atoms with Gasteiger partial charge in [-0.3, -0.25) is 9.59 Å². The van der Waals surface area contributed by atoms with E-state index in [0.717, 1.165) is 0 Å². The van der Waals surface area contributed by atoms with Crippen molar-refractivity contribution < 1.29 is 19.1 Å².